The molecule has 158 valence electrons. The quantitative estimate of drug-likeness (QED) is 0.441. The van der Waals surface area contributed by atoms with Crippen LogP contribution in [0.5, 0.6) is 5.75 Å². The van der Waals surface area contributed by atoms with Crippen molar-refractivity contribution in [2.24, 2.45) is 13.0 Å². The first-order valence-electron chi connectivity index (χ1n) is 9.32. The smallest absolute Gasteiger partial charge is 0.309 e. The highest BCUT2D eigenvalue weighted by molar-refractivity contribution is 9.10. The van der Waals surface area contributed by atoms with Gasteiger partial charge in [0.2, 0.25) is 0 Å². The number of sulfonamides is 1. The van der Waals surface area contributed by atoms with Gasteiger partial charge in [-0.15, -0.1) is 0 Å². The summed E-state index contributed by atoms with van der Waals surface area (Å²) in [6.07, 6.45) is 2.37. The van der Waals surface area contributed by atoms with Crippen LogP contribution in [0.3, 0.4) is 0 Å². The lowest BCUT2D eigenvalue weighted by atomic mass is 9.98. The molecule has 0 saturated carbocycles. The zero-order valence-electron chi connectivity index (χ0n) is 16.4. The number of benzene rings is 1. The maximum Gasteiger partial charge on any atom is 0.309 e. The minimum Gasteiger partial charge on any atom is -0.490 e. The van der Waals surface area contributed by atoms with Crippen molar-refractivity contribution in [2.45, 2.75) is 24.8 Å². The Kier molecular flexibility index (Phi) is 6.97. The van der Waals surface area contributed by atoms with E-state index in [1.54, 1.807) is 18.5 Å². The fourth-order valence-electron chi connectivity index (χ4n) is 3.07. The molecule has 0 amide bonds. The number of hydrogen-bond donors (Lipinski definition) is 0. The highest BCUT2D eigenvalue weighted by Gasteiger charge is 2.34. The van der Waals surface area contributed by atoms with Gasteiger partial charge >= 0.3 is 5.97 Å². The minimum absolute atomic E-state index is 0.0450. The van der Waals surface area contributed by atoms with Crippen LogP contribution in [0.4, 0.5) is 0 Å². The Hall–Kier alpha value is -1.91. The maximum atomic E-state index is 12.7. The molecule has 0 aliphatic carbocycles. The van der Waals surface area contributed by atoms with E-state index in [0.29, 0.717) is 24.4 Å². The largest absolute Gasteiger partial charge is 0.490 e. The van der Waals surface area contributed by atoms with Gasteiger partial charge in [0.15, 0.2) is 5.03 Å². The van der Waals surface area contributed by atoms with Crippen molar-refractivity contribution in [3.8, 4) is 5.75 Å². The molecule has 0 bridgehead atoms. The van der Waals surface area contributed by atoms with Gasteiger partial charge in [0.05, 0.1) is 5.92 Å². The summed E-state index contributed by atoms with van der Waals surface area (Å²) in [5.41, 5.74) is 0. The highest BCUT2D eigenvalue weighted by Crippen LogP contribution is 2.24. The van der Waals surface area contributed by atoms with Crippen LogP contribution in [-0.2, 0) is 26.6 Å². The molecule has 29 heavy (non-hydrogen) atoms. The second kappa shape index (κ2) is 9.27. The number of piperidine rings is 1. The van der Waals surface area contributed by atoms with Gasteiger partial charge in [0, 0.05) is 30.8 Å². The Morgan fingerprint density at radius 2 is 1.86 bits per heavy atom. The molecule has 0 unspecified atom stereocenters. The molecule has 2 heterocycles. The normalized spacial score (nSPS) is 16.0. The van der Waals surface area contributed by atoms with Crippen molar-refractivity contribution in [2.75, 3.05) is 26.3 Å². The van der Waals surface area contributed by atoms with Gasteiger partial charge < -0.3 is 14.0 Å². The number of ether oxygens (including phenoxy) is 2. The standard InChI is InChI=1S/C19H24BrN3O5S/c1-14-21-18(13-22(14)2)29(25,26)23-9-7-15(8-10-23)19(24)28-12-11-27-17-5-3-16(20)4-6-17/h3-6,13,15H,7-12H2,1-2H3. The van der Waals surface area contributed by atoms with Gasteiger partial charge in [-0.25, -0.2) is 13.4 Å². The van der Waals surface area contributed by atoms with Gasteiger partial charge in [-0.2, -0.15) is 4.31 Å². The van der Waals surface area contributed by atoms with E-state index in [1.807, 2.05) is 24.3 Å². The molecule has 0 radical (unpaired) electrons. The topological polar surface area (TPSA) is 90.7 Å². The minimum atomic E-state index is -3.64. The van der Waals surface area contributed by atoms with E-state index in [1.165, 1.54) is 10.5 Å². The summed E-state index contributed by atoms with van der Waals surface area (Å²) in [5, 5.41) is 0.0450. The van der Waals surface area contributed by atoms with Crippen LogP contribution >= 0.6 is 15.9 Å². The first-order valence-corrected chi connectivity index (χ1v) is 11.6. The molecule has 1 saturated heterocycles. The van der Waals surface area contributed by atoms with Crippen molar-refractivity contribution in [1.29, 1.82) is 0 Å². The van der Waals surface area contributed by atoms with Crippen LogP contribution in [0.1, 0.15) is 18.7 Å². The number of aromatic nitrogens is 2. The second-order valence-corrected chi connectivity index (χ2v) is 9.69. The van der Waals surface area contributed by atoms with Crippen molar-refractivity contribution in [3.63, 3.8) is 0 Å². The Balaban J connectivity index is 1.43. The second-order valence-electron chi connectivity index (χ2n) is 6.89. The molecule has 2 aromatic rings. The summed E-state index contributed by atoms with van der Waals surface area (Å²) < 4.78 is 40.3. The van der Waals surface area contributed by atoms with Gasteiger partial charge in [-0.1, -0.05) is 15.9 Å². The lowest BCUT2D eigenvalue weighted by molar-refractivity contribution is -0.150. The van der Waals surface area contributed by atoms with Gasteiger partial charge in [0.25, 0.3) is 10.0 Å². The van der Waals surface area contributed by atoms with Crippen molar-refractivity contribution < 1.29 is 22.7 Å². The average Bonchev–Trinajstić information content (AvgIpc) is 3.06. The first kappa shape index (κ1) is 21.8. The van der Waals surface area contributed by atoms with Crippen LogP contribution in [0.2, 0.25) is 0 Å². The number of hydrogen-bond acceptors (Lipinski definition) is 6. The SMILES string of the molecule is Cc1nc(S(=O)(=O)N2CCC(C(=O)OCCOc3ccc(Br)cc3)CC2)cn1C. The van der Waals surface area contributed by atoms with Crippen LogP contribution in [0.15, 0.2) is 40.0 Å². The fourth-order valence-corrected chi connectivity index (χ4v) is 4.82. The molecule has 0 spiro atoms. The molecule has 1 aromatic heterocycles. The Morgan fingerprint density at radius 3 is 2.45 bits per heavy atom. The number of rotatable bonds is 7. The Labute approximate surface area is 179 Å². The lowest BCUT2D eigenvalue weighted by Crippen LogP contribution is -2.40. The van der Waals surface area contributed by atoms with E-state index in [4.69, 9.17) is 9.47 Å². The highest BCUT2D eigenvalue weighted by atomic mass is 79.9. The monoisotopic (exact) mass is 485 g/mol. The average molecular weight is 486 g/mol. The maximum absolute atomic E-state index is 12.7. The third-order valence-electron chi connectivity index (χ3n) is 4.89. The van der Waals surface area contributed by atoms with E-state index in [9.17, 15) is 13.2 Å². The van der Waals surface area contributed by atoms with E-state index in [0.717, 1.165) is 4.47 Å². The van der Waals surface area contributed by atoms with Gasteiger partial charge in [-0.3, -0.25) is 4.79 Å². The van der Waals surface area contributed by atoms with Crippen molar-refractivity contribution in [3.05, 3.63) is 40.8 Å². The number of carbonyl (C=O) groups excluding carboxylic acids is 1. The number of imidazole rings is 1. The number of nitrogens with zero attached hydrogens (tertiary/aromatic N) is 3. The molecule has 10 heteroatoms. The van der Waals surface area contributed by atoms with Crippen molar-refractivity contribution in [1.82, 2.24) is 13.9 Å². The summed E-state index contributed by atoms with van der Waals surface area (Å²) in [6.45, 7) is 2.71. The van der Waals surface area contributed by atoms with Crippen molar-refractivity contribution >= 4 is 31.9 Å². The lowest BCUT2D eigenvalue weighted by Gasteiger charge is -2.29. The predicted octanol–water partition coefficient (Wildman–Crippen LogP) is 2.51. The van der Waals surface area contributed by atoms with Gasteiger partial charge in [0.1, 0.15) is 24.8 Å². The Morgan fingerprint density at radius 1 is 1.21 bits per heavy atom. The summed E-state index contributed by atoms with van der Waals surface area (Å²) >= 11 is 3.35. The van der Waals surface area contributed by atoms with Crippen LogP contribution < -0.4 is 4.74 Å². The molecule has 0 N–H and O–H groups in total. The van der Waals surface area contributed by atoms with Crippen LogP contribution in [0.25, 0.3) is 0 Å². The fraction of sp³-hybridized carbons (Fsp3) is 0.474. The van der Waals surface area contributed by atoms with E-state index >= 15 is 0 Å². The first-order chi connectivity index (χ1) is 13.8. The summed E-state index contributed by atoms with van der Waals surface area (Å²) in [7, 11) is -1.89. The zero-order valence-corrected chi connectivity index (χ0v) is 18.8. The third-order valence-corrected chi connectivity index (χ3v) is 7.19. The molecule has 3 rings (SSSR count). The zero-order chi connectivity index (χ0) is 21.0. The summed E-state index contributed by atoms with van der Waals surface area (Å²) in [6, 6.07) is 7.39. The van der Waals surface area contributed by atoms with E-state index in [2.05, 4.69) is 20.9 Å². The Bertz CT molecular complexity index is 931. The van der Waals surface area contributed by atoms with Gasteiger partial charge in [-0.05, 0) is 44.0 Å². The molecular formula is C19H24BrN3O5S. The van der Waals surface area contributed by atoms with Crippen LogP contribution in [-0.4, -0.2) is 54.5 Å². The summed E-state index contributed by atoms with van der Waals surface area (Å²) in [5.74, 6) is 0.717. The molecule has 1 aromatic carbocycles. The van der Waals surface area contributed by atoms with E-state index < -0.39 is 10.0 Å². The number of carbonyl (C=O) groups is 1. The number of halogens is 1. The number of esters is 1. The summed E-state index contributed by atoms with van der Waals surface area (Å²) in [4.78, 5) is 16.4. The number of aryl methyl sites for hydroxylation is 2. The predicted molar refractivity (Wildman–Crippen MR) is 110 cm³/mol. The molecule has 0 atom stereocenters. The molecule has 8 nitrogen and oxygen atoms in total. The van der Waals surface area contributed by atoms with Crippen LogP contribution in [0, 0.1) is 12.8 Å². The molecule has 1 aliphatic heterocycles. The molecule has 1 aliphatic rings. The van der Waals surface area contributed by atoms with E-state index in [-0.39, 0.29) is 43.2 Å². The molecule has 1 fully saturated rings. The third kappa shape index (κ3) is 5.37. The molecular weight excluding hydrogens is 462 g/mol.